The van der Waals surface area contributed by atoms with Crippen LogP contribution in [0.15, 0.2) is 30.0 Å². The number of aromatic amines is 1. The predicted molar refractivity (Wildman–Crippen MR) is 109 cm³/mol. The summed E-state index contributed by atoms with van der Waals surface area (Å²) in [5.41, 5.74) is 4.01. The molecule has 0 radical (unpaired) electrons. The molecule has 3 heterocycles. The second-order valence-corrected chi connectivity index (χ2v) is 7.75. The molecule has 4 rings (SSSR count). The van der Waals surface area contributed by atoms with E-state index in [1.54, 1.807) is 7.11 Å². The van der Waals surface area contributed by atoms with Crippen LogP contribution < -0.4 is 4.74 Å². The number of carbonyl (C=O) groups excluding carboxylic acids is 1. The lowest BCUT2D eigenvalue weighted by molar-refractivity contribution is -0.137. The fourth-order valence-corrected chi connectivity index (χ4v) is 5.05. The highest BCUT2D eigenvalue weighted by molar-refractivity contribution is 5.91. The Morgan fingerprint density at radius 3 is 2.86 bits per heavy atom. The third kappa shape index (κ3) is 3.28. The van der Waals surface area contributed by atoms with Crippen molar-refractivity contribution in [2.75, 3.05) is 41.0 Å². The SMILES string of the molecule is CO/C=C(/C(=O)OC)[C@H]1CC2c3[nH]c4cccc(OC)c4c3CCN2C[C@H]1CO. The Balaban J connectivity index is 1.76. The second-order valence-electron chi connectivity index (χ2n) is 7.75. The molecular weight excluding hydrogens is 372 g/mol. The van der Waals surface area contributed by atoms with Crippen LogP contribution in [-0.2, 0) is 20.7 Å². The van der Waals surface area contributed by atoms with E-state index in [9.17, 15) is 9.90 Å². The van der Waals surface area contributed by atoms with Gasteiger partial charge in [0.25, 0.3) is 0 Å². The van der Waals surface area contributed by atoms with Crippen molar-refractivity contribution in [3.8, 4) is 5.75 Å². The molecule has 1 saturated heterocycles. The fourth-order valence-electron chi connectivity index (χ4n) is 5.05. The van der Waals surface area contributed by atoms with Crippen LogP contribution in [0.4, 0.5) is 0 Å². The second kappa shape index (κ2) is 8.08. The molecule has 2 aliphatic rings. The van der Waals surface area contributed by atoms with Crippen LogP contribution in [0.1, 0.15) is 23.7 Å². The van der Waals surface area contributed by atoms with Crippen molar-refractivity contribution in [2.24, 2.45) is 11.8 Å². The molecule has 29 heavy (non-hydrogen) atoms. The molecule has 1 aromatic carbocycles. The number of hydrogen-bond donors (Lipinski definition) is 2. The minimum atomic E-state index is -0.405. The summed E-state index contributed by atoms with van der Waals surface area (Å²) in [5.74, 6) is 0.279. The van der Waals surface area contributed by atoms with Gasteiger partial charge in [-0.25, -0.2) is 4.79 Å². The van der Waals surface area contributed by atoms with Gasteiger partial charge in [-0.3, -0.25) is 4.90 Å². The first-order valence-corrected chi connectivity index (χ1v) is 9.96. The van der Waals surface area contributed by atoms with E-state index in [0.29, 0.717) is 12.0 Å². The molecule has 3 atom stereocenters. The number of aliphatic hydroxyl groups is 1. The maximum Gasteiger partial charge on any atom is 0.337 e. The van der Waals surface area contributed by atoms with Gasteiger partial charge in [-0.15, -0.1) is 0 Å². The molecule has 2 aliphatic heterocycles. The summed E-state index contributed by atoms with van der Waals surface area (Å²) < 4.78 is 15.8. The van der Waals surface area contributed by atoms with Crippen molar-refractivity contribution in [2.45, 2.75) is 18.9 Å². The van der Waals surface area contributed by atoms with E-state index in [1.165, 1.54) is 31.7 Å². The molecule has 1 aromatic heterocycles. The van der Waals surface area contributed by atoms with Crippen LogP contribution in [0.3, 0.4) is 0 Å². The normalized spacial score (nSPS) is 24.7. The molecule has 2 aromatic rings. The number of fused-ring (bicyclic) bond motifs is 5. The van der Waals surface area contributed by atoms with Crippen molar-refractivity contribution < 1.29 is 24.1 Å². The molecule has 0 aliphatic carbocycles. The van der Waals surface area contributed by atoms with Gasteiger partial charge >= 0.3 is 5.97 Å². The smallest absolute Gasteiger partial charge is 0.337 e. The Labute approximate surface area is 170 Å². The number of aromatic nitrogens is 1. The number of methoxy groups -OCH3 is 3. The third-order valence-corrected chi connectivity index (χ3v) is 6.38. The fraction of sp³-hybridized carbons (Fsp3) is 0.500. The van der Waals surface area contributed by atoms with Crippen molar-refractivity contribution in [1.29, 1.82) is 0 Å². The van der Waals surface area contributed by atoms with Gasteiger partial charge in [-0.2, -0.15) is 0 Å². The molecule has 7 nitrogen and oxygen atoms in total. The minimum absolute atomic E-state index is 0.0132. The van der Waals surface area contributed by atoms with Gasteiger partial charge in [0.2, 0.25) is 0 Å². The zero-order valence-corrected chi connectivity index (χ0v) is 17.1. The first-order chi connectivity index (χ1) is 14.1. The first-order valence-electron chi connectivity index (χ1n) is 9.96. The van der Waals surface area contributed by atoms with E-state index in [4.69, 9.17) is 14.2 Å². The molecule has 0 spiro atoms. The van der Waals surface area contributed by atoms with E-state index >= 15 is 0 Å². The molecular formula is C22H28N2O5. The van der Waals surface area contributed by atoms with Gasteiger partial charge < -0.3 is 24.3 Å². The van der Waals surface area contributed by atoms with E-state index in [0.717, 1.165) is 36.2 Å². The van der Waals surface area contributed by atoms with E-state index in [1.807, 2.05) is 12.1 Å². The lowest BCUT2D eigenvalue weighted by atomic mass is 9.75. The van der Waals surface area contributed by atoms with Crippen LogP contribution >= 0.6 is 0 Å². The molecule has 0 bridgehead atoms. The molecule has 0 saturated carbocycles. The van der Waals surface area contributed by atoms with Gasteiger partial charge in [0.05, 0.1) is 39.2 Å². The van der Waals surface area contributed by atoms with Gasteiger partial charge in [0.15, 0.2) is 0 Å². The first kappa shape index (κ1) is 19.8. The lowest BCUT2D eigenvalue weighted by Crippen LogP contribution is -2.48. The molecule has 7 heteroatoms. The average Bonchev–Trinajstić information content (AvgIpc) is 3.15. The summed E-state index contributed by atoms with van der Waals surface area (Å²) in [4.78, 5) is 18.4. The van der Waals surface area contributed by atoms with Crippen LogP contribution in [0, 0.1) is 11.8 Å². The molecule has 0 amide bonds. The van der Waals surface area contributed by atoms with Gasteiger partial charge in [-0.1, -0.05) is 6.07 Å². The number of ether oxygens (including phenoxy) is 3. The monoisotopic (exact) mass is 400 g/mol. The van der Waals surface area contributed by atoms with Crippen LogP contribution in [0.25, 0.3) is 10.9 Å². The minimum Gasteiger partial charge on any atom is -0.504 e. The summed E-state index contributed by atoms with van der Waals surface area (Å²) in [7, 11) is 4.59. The number of piperidine rings is 1. The van der Waals surface area contributed by atoms with E-state index in [2.05, 4.69) is 16.0 Å². The highest BCUT2D eigenvalue weighted by Gasteiger charge is 2.43. The number of aliphatic hydroxyl groups excluding tert-OH is 1. The number of H-pyrrole nitrogens is 1. The quantitative estimate of drug-likeness (QED) is 0.456. The Morgan fingerprint density at radius 1 is 1.34 bits per heavy atom. The standard InChI is InChI=1S/C22H28N2O5/c1-27-12-16(22(26)29-3)15-9-18-21-14(7-8-24(18)10-13(15)11-25)20-17(23-21)5-4-6-19(20)28-2/h4-6,12-13,15,18,23,25H,7-11H2,1-3H3/b16-12+/t13-,15-,18?/m0/s1. The topological polar surface area (TPSA) is 84.0 Å². The number of nitrogens with one attached hydrogen (secondary N) is 1. The summed E-state index contributed by atoms with van der Waals surface area (Å²) in [6.07, 6.45) is 3.09. The average molecular weight is 400 g/mol. The highest BCUT2D eigenvalue weighted by atomic mass is 16.5. The third-order valence-electron chi connectivity index (χ3n) is 6.38. The summed E-state index contributed by atoms with van der Waals surface area (Å²) in [6, 6.07) is 6.18. The molecule has 1 fully saturated rings. The Morgan fingerprint density at radius 2 is 2.17 bits per heavy atom. The Bertz CT molecular complexity index is 935. The number of nitrogens with zero attached hydrogens (tertiary/aromatic N) is 1. The molecule has 1 unspecified atom stereocenters. The van der Waals surface area contributed by atoms with Crippen molar-refractivity contribution >= 4 is 16.9 Å². The number of hydrogen-bond acceptors (Lipinski definition) is 6. The summed E-state index contributed by atoms with van der Waals surface area (Å²) in [6.45, 7) is 1.64. The summed E-state index contributed by atoms with van der Waals surface area (Å²) >= 11 is 0. The molecule has 156 valence electrons. The maximum atomic E-state index is 12.4. The lowest BCUT2D eigenvalue weighted by Gasteiger charge is -2.46. The number of esters is 1. The predicted octanol–water partition coefficient (Wildman–Crippen LogP) is 2.41. The Kier molecular flexibility index (Phi) is 5.52. The Hall–Kier alpha value is -2.51. The van der Waals surface area contributed by atoms with E-state index in [-0.39, 0.29) is 24.5 Å². The maximum absolute atomic E-state index is 12.4. The zero-order chi connectivity index (χ0) is 20.5. The van der Waals surface area contributed by atoms with Crippen LogP contribution in [-0.4, -0.2) is 62.0 Å². The van der Waals surface area contributed by atoms with Gasteiger partial charge in [0, 0.05) is 48.1 Å². The number of carbonyl (C=O) groups is 1. The zero-order valence-electron chi connectivity index (χ0n) is 17.1. The van der Waals surface area contributed by atoms with Crippen molar-refractivity contribution in [3.63, 3.8) is 0 Å². The summed E-state index contributed by atoms with van der Waals surface area (Å²) in [5, 5.41) is 11.2. The van der Waals surface area contributed by atoms with E-state index < -0.39 is 5.97 Å². The van der Waals surface area contributed by atoms with Crippen molar-refractivity contribution in [3.05, 3.63) is 41.3 Å². The number of benzene rings is 1. The molecule has 2 N–H and O–H groups in total. The van der Waals surface area contributed by atoms with Gasteiger partial charge in [-0.05, 0) is 30.5 Å². The van der Waals surface area contributed by atoms with Crippen molar-refractivity contribution in [1.82, 2.24) is 9.88 Å². The van der Waals surface area contributed by atoms with Crippen LogP contribution in [0.2, 0.25) is 0 Å². The largest absolute Gasteiger partial charge is 0.504 e. The van der Waals surface area contributed by atoms with Gasteiger partial charge in [0.1, 0.15) is 5.75 Å². The van der Waals surface area contributed by atoms with Crippen LogP contribution in [0.5, 0.6) is 5.75 Å². The highest BCUT2D eigenvalue weighted by Crippen LogP contribution is 2.46. The number of rotatable bonds is 5.